The molecular formula is C23H21N3O2. The molecule has 5 heteroatoms. The van der Waals surface area contributed by atoms with Gasteiger partial charge in [0.15, 0.2) is 0 Å². The van der Waals surface area contributed by atoms with Gasteiger partial charge in [0.05, 0.1) is 18.1 Å². The van der Waals surface area contributed by atoms with Gasteiger partial charge < -0.3 is 10.1 Å². The summed E-state index contributed by atoms with van der Waals surface area (Å²) in [5.74, 6) is 0.815. The second-order valence-electron chi connectivity index (χ2n) is 6.55. The van der Waals surface area contributed by atoms with Crippen LogP contribution in [0.4, 0.5) is 5.69 Å². The molecule has 0 spiro atoms. The summed E-state index contributed by atoms with van der Waals surface area (Å²) < 4.78 is 7.18. The SMILES string of the molecule is COc1ccc(CCC(=O)Nc2ccc(-n3cnc4ccccc43)cc2)cc1. The van der Waals surface area contributed by atoms with Gasteiger partial charge in [-0.2, -0.15) is 0 Å². The lowest BCUT2D eigenvalue weighted by Gasteiger charge is -2.08. The highest BCUT2D eigenvalue weighted by Crippen LogP contribution is 2.20. The number of carbonyl (C=O) groups excluding carboxylic acids is 1. The number of imidazole rings is 1. The number of nitrogens with zero attached hydrogens (tertiary/aromatic N) is 2. The summed E-state index contributed by atoms with van der Waals surface area (Å²) in [4.78, 5) is 16.7. The maximum Gasteiger partial charge on any atom is 0.224 e. The fourth-order valence-corrected chi connectivity index (χ4v) is 3.14. The summed E-state index contributed by atoms with van der Waals surface area (Å²) in [5, 5.41) is 2.96. The molecule has 0 aliphatic carbocycles. The Morgan fingerprint density at radius 3 is 2.50 bits per heavy atom. The van der Waals surface area contributed by atoms with E-state index >= 15 is 0 Å². The molecule has 0 atom stereocenters. The molecule has 3 aromatic carbocycles. The fraction of sp³-hybridized carbons (Fsp3) is 0.130. The number of rotatable bonds is 6. The molecule has 0 saturated carbocycles. The molecule has 0 aliphatic rings. The van der Waals surface area contributed by atoms with Gasteiger partial charge in [0.2, 0.25) is 5.91 Å². The third-order valence-electron chi connectivity index (χ3n) is 4.68. The van der Waals surface area contributed by atoms with Gasteiger partial charge in [0.25, 0.3) is 0 Å². The first-order valence-corrected chi connectivity index (χ1v) is 9.18. The van der Waals surface area contributed by atoms with Gasteiger partial charge in [-0.25, -0.2) is 4.98 Å². The van der Waals surface area contributed by atoms with Crippen LogP contribution in [0.25, 0.3) is 16.7 Å². The van der Waals surface area contributed by atoms with Crippen molar-refractivity contribution >= 4 is 22.6 Å². The predicted octanol–water partition coefficient (Wildman–Crippen LogP) is 4.61. The summed E-state index contributed by atoms with van der Waals surface area (Å²) in [6.07, 6.45) is 2.93. The van der Waals surface area contributed by atoms with Crippen LogP contribution in [0.5, 0.6) is 5.75 Å². The van der Waals surface area contributed by atoms with E-state index in [0.717, 1.165) is 33.7 Å². The Hall–Kier alpha value is -3.60. The molecule has 1 aromatic heterocycles. The van der Waals surface area contributed by atoms with E-state index in [1.807, 2.05) is 83.7 Å². The van der Waals surface area contributed by atoms with E-state index in [2.05, 4.69) is 10.3 Å². The molecule has 5 nitrogen and oxygen atoms in total. The highest BCUT2D eigenvalue weighted by atomic mass is 16.5. The Kier molecular flexibility index (Phi) is 5.06. The van der Waals surface area contributed by atoms with Gasteiger partial charge in [-0.3, -0.25) is 9.36 Å². The van der Waals surface area contributed by atoms with E-state index in [4.69, 9.17) is 4.74 Å². The molecule has 4 aromatic rings. The van der Waals surface area contributed by atoms with Crippen molar-refractivity contribution in [3.63, 3.8) is 0 Å². The topological polar surface area (TPSA) is 56.1 Å². The monoisotopic (exact) mass is 371 g/mol. The zero-order valence-electron chi connectivity index (χ0n) is 15.6. The average Bonchev–Trinajstić information content (AvgIpc) is 3.17. The lowest BCUT2D eigenvalue weighted by molar-refractivity contribution is -0.116. The van der Waals surface area contributed by atoms with Gasteiger partial charge in [-0.15, -0.1) is 0 Å². The van der Waals surface area contributed by atoms with Crippen LogP contribution in [0, 0.1) is 0 Å². The van der Waals surface area contributed by atoms with Crippen LogP contribution in [0.15, 0.2) is 79.1 Å². The molecule has 0 fully saturated rings. The van der Waals surface area contributed by atoms with Gasteiger partial charge in [-0.1, -0.05) is 24.3 Å². The first kappa shape index (κ1) is 17.8. The Morgan fingerprint density at radius 1 is 1.00 bits per heavy atom. The molecule has 28 heavy (non-hydrogen) atoms. The molecule has 4 rings (SSSR count). The first-order chi connectivity index (χ1) is 13.7. The van der Waals surface area contributed by atoms with Crippen molar-refractivity contribution in [3.05, 3.63) is 84.7 Å². The third kappa shape index (κ3) is 3.88. The van der Waals surface area contributed by atoms with Crippen molar-refractivity contribution in [1.29, 1.82) is 0 Å². The van der Waals surface area contributed by atoms with Crippen LogP contribution in [0.2, 0.25) is 0 Å². The number of aryl methyl sites for hydroxylation is 1. The van der Waals surface area contributed by atoms with Crippen LogP contribution in [0.1, 0.15) is 12.0 Å². The Bertz CT molecular complexity index is 1080. The molecule has 0 bridgehead atoms. The highest BCUT2D eigenvalue weighted by molar-refractivity contribution is 5.91. The number of anilines is 1. The smallest absolute Gasteiger partial charge is 0.224 e. The molecule has 1 N–H and O–H groups in total. The Labute approximate surface area is 163 Å². The lowest BCUT2D eigenvalue weighted by atomic mass is 10.1. The molecule has 140 valence electrons. The number of aromatic nitrogens is 2. The minimum atomic E-state index is -0.00310. The van der Waals surface area contributed by atoms with Crippen LogP contribution in [-0.2, 0) is 11.2 Å². The first-order valence-electron chi connectivity index (χ1n) is 9.18. The van der Waals surface area contributed by atoms with Gasteiger partial charge in [-0.05, 0) is 60.5 Å². The predicted molar refractivity (Wildman–Crippen MR) is 111 cm³/mol. The quantitative estimate of drug-likeness (QED) is 0.539. The van der Waals surface area contributed by atoms with Crippen LogP contribution >= 0.6 is 0 Å². The minimum absolute atomic E-state index is 0.00310. The minimum Gasteiger partial charge on any atom is -0.497 e. The Morgan fingerprint density at radius 2 is 1.75 bits per heavy atom. The molecule has 0 saturated heterocycles. The summed E-state index contributed by atoms with van der Waals surface area (Å²) >= 11 is 0. The van der Waals surface area contributed by atoms with Crippen molar-refractivity contribution in [3.8, 4) is 11.4 Å². The highest BCUT2D eigenvalue weighted by Gasteiger charge is 2.06. The number of para-hydroxylation sites is 2. The normalized spacial score (nSPS) is 10.8. The number of ether oxygens (including phenoxy) is 1. The van der Waals surface area contributed by atoms with Gasteiger partial charge in [0.1, 0.15) is 12.1 Å². The molecule has 0 radical (unpaired) electrons. The zero-order valence-corrected chi connectivity index (χ0v) is 15.6. The van der Waals surface area contributed by atoms with Crippen molar-refractivity contribution in [1.82, 2.24) is 9.55 Å². The second kappa shape index (κ2) is 7.96. The number of benzene rings is 3. The number of fused-ring (bicyclic) bond motifs is 1. The standard InChI is InChI=1S/C23H21N3O2/c1-28-20-13-6-17(7-14-20)8-15-23(27)25-18-9-11-19(12-10-18)26-16-24-21-4-2-3-5-22(21)26/h2-7,9-14,16H,8,15H2,1H3,(H,25,27). The maximum absolute atomic E-state index is 12.2. The van der Waals surface area contributed by atoms with E-state index < -0.39 is 0 Å². The van der Waals surface area contributed by atoms with Crippen LogP contribution in [-0.4, -0.2) is 22.6 Å². The fourth-order valence-electron chi connectivity index (χ4n) is 3.14. The summed E-state index contributed by atoms with van der Waals surface area (Å²) in [6.45, 7) is 0. The number of methoxy groups -OCH3 is 1. The van der Waals surface area contributed by atoms with Crippen molar-refractivity contribution in [2.24, 2.45) is 0 Å². The average molecular weight is 371 g/mol. The van der Waals surface area contributed by atoms with Crippen molar-refractivity contribution in [2.45, 2.75) is 12.8 Å². The van der Waals surface area contributed by atoms with Crippen molar-refractivity contribution in [2.75, 3.05) is 12.4 Å². The molecule has 0 aliphatic heterocycles. The van der Waals surface area contributed by atoms with Gasteiger partial charge >= 0.3 is 0 Å². The second-order valence-corrected chi connectivity index (χ2v) is 6.55. The van der Waals surface area contributed by atoms with Crippen molar-refractivity contribution < 1.29 is 9.53 Å². The number of amides is 1. The number of carbonyl (C=O) groups is 1. The van der Waals surface area contributed by atoms with E-state index in [9.17, 15) is 4.79 Å². The number of hydrogen-bond donors (Lipinski definition) is 1. The summed E-state index contributed by atoms with van der Waals surface area (Å²) in [6, 6.07) is 23.6. The molecule has 0 unspecified atom stereocenters. The molecule has 1 heterocycles. The Balaban J connectivity index is 1.38. The van der Waals surface area contributed by atoms with Crippen LogP contribution in [0.3, 0.4) is 0 Å². The largest absolute Gasteiger partial charge is 0.497 e. The van der Waals surface area contributed by atoms with E-state index in [0.29, 0.717) is 12.8 Å². The number of nitrogens with one attached hydrogen (secondary N) is 1. The molecular weight excluding hydrogens is 350 g/mol. The number of hydrogen-bond acceptors (Lipinski definition) is 3. The molecule has 1 amide bonds. The van der Waals surface area contributed by atoms with E-state index in [1.165, 1.54) is 0 Å². The zero-order chi connectivity index (χ0) is 19.3. The summed E-state index contributed by atoms with van der Waals surface area (Å²) in [5.41, 5.74) is 4.91. The maximum atomic E-state index is 12.2. The summed E-state index contributed by atoms with van der Waals surface area (Å²) in [7, 11) is 1.64. The lowest BCUT2D eigenvalue weighted by Crippen LogP contribution is -2.12. The van der Waals surface area contributed by atoms with E-state index in [-0.39, 0.29) is 5.91 Å². The third-order valence-corrected chi connectivity index (χ3v) is 4.68. The van der Waals surface area contributed by atoms with E-state index in [1.54, 1.807) is 7.11 Å². The van der Waals surface area contributed by atoms with Gasteiger partial charge in [0, 0.05) is 17.8 Å². The van der Waals surface area contributed by atoms with Crippen LogP contribution < -0.4 is 10.1 Å².